The van der Waals surface area contributed by atoms with E-state index in [1.807, 2.05) is 54.6 Å². The molecule has 0 aliphatic carbocycles. The van der Waals surface area contributed by atoms with Crippen molar-refractivity contribution in [3.05, 3.63) is 108 Å². The summed E-state index contributed by atoms with van der Waals surface area (Å²) in [5.74, 6) is 0.544. The third-order valence-corrected chi connectivity index (χ3v) is 4.41. The summed E-state index contributed by atoms with van der Waals surface area (Å²) in [5.41, 5.74) is 4.84. The van der Waals surface area contributed by atoms with Crippen molar-refractivity contribution in [1.82, 2.24) is 10.4 Å². The van der Waals surface area contributed by atoms with Gasteiger partial charge in [0, 0.05) is 23.5 Å². The van der Waals surface area contributed by atoms with Gasteiger partial charge in [-0.05, 0) is 46.7 Å². The zero-order chi connectivity index (χ0) is 19.9. The van der Waals surface area contributed by atoms with Crippen LogP contribution < -0.4 is 10.2 Å². The maximum absolute atomic E-state index is 12.2. The highest BCUT2D eigenvalue weighted by Gasteiger charge is 2.05. The molecule has 0 fully saturated rings. The molecule has 0 radical (unpaired) electrons. The second-order valence-electron chi connectivity index (χ2n) is 6.48. The Balaban J connectivity index is 1.33. The maximum Gasteiger partial charge on any atom is 0.271 e. The van der Waals surface area contributed by atoms with Crippen molar-refractivity contribution in [3.63, 3.8) is 0 Å². The minimum Gasteiger partial charge on any atom is -0.489 e. The van der Waals surface area contributed by atoms with Gasteiger partial charge in [-0.2, -0.15) is 5.10 Å². The molecule has 1 amide bonds. The van der Waals surface area contributed by atoms with E-state index < -0.39 is 0 Å². The van der Waals surface area contributed by atoms with Gasteiger partial charge < -0.3 is 4.74 Å². The van der Waals surface area contributed by atoms with E-state index in [-0.39, 0.29) is 5.91 Å². The van der Waals surface area contributed by atoms with E-state index in [0.717, 1.165) is 22.3 Å². The summed E-state index contributed by atoms with van der Waals surface area (Å²) < 4.78 is 5.88. The standard InChI is InChI=1S/C24H19N3O2/c28-24(27-26-16-19-4-3-13-25-15-19)21-9-7-18(8-10-21)17-29-23-12-11-20-5-1-2-6-22(20)14-23/h1-16H,17H2,(H,27,28). The summed E-state index contributed by atoms with van der Waals surface area (Å²) in [6.45, 7) is 0.430. The van der Waals surface area contributed by atoms with Crippen molar-refractivity contribution in [1.29, 1.82) is 0 Å². The number of hydrogen-bond donors (Lipinski definition) is 1. The van der Waals surface area contributed by atoms with E-state index >= 15 is 0 Å². The minimum absolute atomic E-state index is 0.271. The van der Waals surface area contributed by atoms with Gasteiger partial charge in [0.15, 0.2) is 0 Å². The molecule has 0 saturated carbocycles. The summed E-state index contributed by atoms with van der Waals surface area (Å²) in [7, 11) is 0. The molecule has 142 valence electrons. The molecule has 0 saturated heterocycles. The predicted octanol–water partition coefficient (Wildman–Crippen LogP) is 4.58. The van der Waals surface area contributed by atoms with E-state index in [1.54, 1.807) is 30.7 Å². The number of carbonyl (C=O) groups excluding carboxylic acids is 1. The summed E-state index contributed by atoms with van der Waals surface area (Å²) in [4.78, 5) is 16.2. The van der Waals surface area contributed by atoms with Gasteiger partial charge in [-0.3, -0.25) is 9.78 Å². The summed E-state index contributed by atoms with van der Waals surface area (Å²) in [6.07, 6.45) is 4.90. The highest BCUT2D eigenvalue weighted by Crippen LogP contribution is 2.21. The van der Waals surface area contributed by atoms with Crippen molar-refractivity contribution in [2.24, 2.45) is 5.10 Å². The number of pyridine rings is 1. The fourth-order valence-electron chi connectivity index (χ4n) is 2.86. The lowest BCUT2D eigenvalue weighted by Gasteiger charge is -2.08. The third kappa shape index (κ3) is 4.84. The van der Waals surface area contributed by atoms with Crippen LogP contribution in [0.15, 0.2) is 96.4 Å². The number of nitrogens with zero attached hydrogens (tertiary/aromatic N) is 2. The first kappa shape index (κ1) is 18.4. The van der Waals surface area contributed by atoms with E-state index in [1.165, 1.54) is 5.39 Å². The van der Waals surface area contributed by atoms with E-state index in [0.29, 0.717) is 12.2 Å². The molecule has 29 heavy (non-hydrogen) atoms. The van der Waals surface area contributed by atoms with Gasteiger partial charge in [0.25, 0.3) is 5.91 Å². The molecule has 5 nitrogen and oxygen atoms in total. The molecule has 0 bridgehead atoms. The van der Waals surface area contributed by atoms with Crippen molar-refractivity contribution in [2.45, 2.75) is 6.61 Å². The SMILES string of the molecule is O=C(NN=Cc1cccnc1)c1ccc(COc2ccc3ccccc3c2)cc1. The zero-order valence-corrected chi connectivity index (χ0v) is 15.7. The fraction of sp³-hybridized carbons (Fsp3) is 0.0417. The lowest BCUT2D eigenvalue weighted by Crippen LogP contribution is -2.17. The number of aromatic nitrogens is 1. The predicted molar refractivity (Wildman–Crippen MR) is 114 cm³/mol. The number of hydrazone groups is 1. The van der Waals surface area contributed by atoms with Crippen molar-refractivity contribution < 1.29 is 9.53 Å². The molecular formula is C24H19N3O2. The smallest absolute Gasteiger partial charge is 0.271 e. The van der Waals surface area contributed by atoms with Crippen LogP contribution in [0.1, 0.15) is 21.5 Å². The largest absolute Gasteiger partial charge is 0.489 e. The lowest BCUT2D eigenvalue weighted by atomic mass is 10.1. The highest BCUT2D eigenvalue weighted by molar-refractivity contribution is 5.94. The maximum atomic E-state index is 12.2. The van der Waals surface area contributed by atoms with E-state index in [2.05, 4.69) is 27.6 Å². The van der Waals surface area contributed by atoms with Crippen LogP contribution in [0.3, 0.4) is 0 Å². The molecule has 0 unspecified atom stereocenters. The molecule has 0 aliphatic rings. The Hall–Kier alpha value is -3.99. The van der Waals surface area contributed by atoms with Gasteiger partial charge in [-0.1, -0.05) is 48.5 Å². The topological polar surface area (TPSA) is 63.6 Å². The summed E-state index contributed by atoms with van der Waals surface area (Å²) in [5, 5.41) is 6.28. The third-order valence-electron chi connectivity index (χ3n) is 4.41. The van der Waals surface area contributed by atoms with Crippen LogP contribution in [0.5, 0.6) is 5.75 Å². The number of rotatable bonds is 6. The molecule has 1 N–H and O–H groups in total. The van der Waals surface area contributed by atoms with Crippen LogP contribution in [-0.2, 0) is 6.61 Å². The molecule has 0 spiro atoms. The van der Waals surface area contributed by atoms with E-state index in [9.17, 15) is 4.79 Å². The average molecular weight is 381 g/mol. The van der Waals surface area contributed by atoms with Crippen LogP contribution in [0.25, 0.3) is 10.8 Å². The Bertz CT molecular complexity index is 1140. The normalized spacial score (nSPS) is 10.9. The second kappa shape index (κ2) is 8.80. The van der Waals surface area contributed by atoms with Crippen LogP contribution in [0.2, 0.25) is 0 Å². The molecule has 0 atom stereocenters. The number of hydrogen-bond acceptors (Lipinski definition) is 4. The fourth-order valence-corrected chi connectivity index (χ4v) is 2.86. The van der Waals surface area contributed by atoms with E-state index in [4.69, 9.17) is 4.74 Å². The van der Waals surface area contributed by atoms with Crippen LogP contribution in [-0.4, -0.2) is 17.1 Å². The van der Waals surface area contributed by atoms with Gasteiger partial charge in [-0.25, -0.2) is 5.43 Å². The van der Waals surface area contributed by atoms with Gasteiger partial charge in [0.2, 0.25) is 0 Å². The number of amides is 1. The molecule has 3 aromatic carbocycles. The van der Waals surface area contributed by atoms with Gasteiger partial charge in [0.05, 0.1) is 6.21 Å². The number of fused-ring (bicyclic) bond motifs is 1. The zero-order valence-electron chi connectivity index (χ0n) is 15.7. The number of benzene rings is 3. The quantitative estimate of drug-likeness (QED) is 0.393. The highest BCUT2D eigenvalue weighted by atomic mass is 16.5. The lowest BCUT2D eigenvalue weighted by molar-refractivity contribution is 0.0955. The molecule has 4 rings (SSSR count). The molecule has 4 aromatic rings. The molecular weight excluding hydrogens is 362 g/mol. The first-order valence-electron chi connectivity index (χ1n) is 9.22. The number of nitrogens with one attached hydrogen (secondary N) is 1. The Kier molecular flexibility index (Phi) is 5.58. The van der Waals surface area contributed by atoms with Crippen LogP contribution in [0, 0.1) is 0 Å². The average Bonchev–Trinajstić information content (AvgIpc) is 2.78. The Morgan fingerprint density at radius 2 is 1.79 bits per heavy atom. The van der Waals surface area contributed by atoms with Crippen molar-refractivity contribution >= 4 is 22.9 Å². The van der Waals surface area contributed by atoms with Gasteiger partial charge >= 0.3 is 0 Å². The van der Waals surface area contributed by atoms with Crippen LogP contribution in [0.4, 0.5) is 0 Å². The van der Waals surface area contributed by atoms with Crippen LogP contribution >= 0.6 is 0 Å². The van der Waals surface area contributed by atoms with Crippen molar-refractivity contribution in [2.75, 3.05) is 0 Å². The monoisotopic (exact) mass is 381 g/mol. The summed E-state index contributed by atoms with van der Waals surface area (Å²) >= 11 is 0. The molecule has 5 heteroatoms. The second-order valence-corrected chi connectivity index (χ2v) is 6.48. The Labute approximate surface area is 168 Å². The Morgan fingerprint density at radius 1 is 0.966 bits per heavy atom. The molecule has 0 aliphatic heterocycles. The minimum atomic E-state index is -0.271. The van der Waals surface area contributed by atoms with Gasteiger partial charge in [0.1, 0.15) is 12.4 Å². The Morgan fingerprint density at radius 3 is 2.59 bits per heavy atom. The number of ether oxygens (including phenoxy) is 1. The first-order valence-corrected chi connectivity index (χ1v) is 9.22. The molecule has 1 heterocycles. The molecule has 1 aromatic heterocycles. The summed E-state index contributed by atoms with van der Waals surface area (Å²) in [6, 6.07) is 25.1. The van der Waals surface area contributed by atoms with Crippen molar-refractivity contribution in [3.8, 4) is 5.75 Å². The van der Waals surface area contributed by atoms with Gasteiger partial charge in [-0.15, -0.1) is 0 Å². The number of carbonyl (C=O) groups is 1. The first-order chi connectivity index (χ1) is 14.3.